The Bertz CT molecular complexity index is 549. The van der Waals surface area contributed by atoms with Gasteiger partial charge in [0.25, 0.3) is 0 Å². The molecule has 0 fully saturated rings. The zero-order chi connectivity index (χ0) is 13.8. The maximum atomic E-state index is 13.2. The van der Waals surface area contributed by atoms with Crippen molar-refractivity contribution in [1.82, 2.24) is 0 Å². The Morgan fingerprint density at radius 2 is 1.63 bits per heavy atom. The Morgan fingerprint density at radius 3 is 2.21 bits per heavy atom. The van der Waals surface area contributed by atoms with Crippen LogP contribution >= 0.6 is 0 Å². The highest BCUT2D eigenvalue weighted by Gasteiger charge is 2.17. The molecule has 0 aliphatic heterocycles. The molecule has 1 unspecified atom stereocenters. The van der Waals surface area contributed by atoms with Crippen molar-refractivity contribution in [2.45, 2.75) is 19.3 Å². The van der Waals surface area contributed by atoms with Crippen molar-refractivity contribution in [3.05, 3.63) is 65.2 Å². The van der Waals surface area contributed by atoms with E-state index < -0.39 is 0 Å². The molecule has 2 aromatic carbocycles. The lowest BCUT2D eigenvalue weighted by atomic mass is 9.88. The number of ether oxygens (including phenoxy) is 1. The number of halogens is 2. The van der Waals surface area contributed by atoms with Crippen LogP contribution in [0, 0.1) is 11.6 Å². The number of rotatable bonds is 4. The molecule has 0 saturated heterocycles. The number of hydrogen-bond donors (Lipinski definition) is 0. The third-order valence-corrected chi connectivity index (χ3v) is 3.25. The van der Waals surface area contributed by atoms with E-state index in [0.717, 1.165) is 17.5 Å². The monoisotopic (exact) mass is 262 g/mol. The maximum Gasteiger partial charge on any atom is 0.126 e. The summed E-state index contributed by atoms with van der Waals surface area (Å²) in [6, 6.07) is 10.9. The molecule has 0 amide bonds. The van der Waals surface area contributed by atoms with Crippen molar-refractivity contribution in [3.8, 4) is 5.75 Å². The molecule has 3 heteroatoms. The second kappa shape index (κ2) is 5.83. The van der Waals surface area contributed by atoms with Crippen molar-refractivity contribution < 1.29 is 13.5 Å². The average molecular weight is 262 g/mol. The smallest absolute Gasteiger partial charge is 0.126 e. The van der Waals surface area contributed by atoms with Gasteiger partial charge < -0.3 is 4.74 Å². The van der Waals surface area contributed by atoms with Crippen LogP contribution in [0.1, 0.15) is 30.4 Å². The summed E-state index contributed by atoms with van der Waals surface area (Å²) < 4.78 is 31.4. The summed E-state index contributed by atoms with van der Waals surface area (Å²) in [6.07, 6.45) is 0.827. The van der Waals surface area contributed by atoms with Crippen LogP contribution in [0.2, 0.25) is 0 Å². The molecular formula is C16H16F2O. The van der Waals surface area contributed by atoms with Crippen molar-refractivity contribution >= 4 is 0 Å². The molecule has 0 heterocycles. The van der Waals surface area contributed by atoms with Gasteiger partial charge in [-0.25, -0.2) is 8.78 Å². The molecule has 2 rings (SSSR count). The molecule has 100 valence electrons. The molecule has 0 bridgehead atoms. The van der Waals surface area contributed by atoms with E-state index in [1.165, 1.54) is 31.4 Å². The molecule has 1 nitrogen and oxygen atoms in total. The topological polar surface area (TPSA) is 9.23 Å². The number of hydrogen-bond acceptors (Lipinski definition) is 1. The van der Waals surface area contributed by atoms with E-state index in [-0.39, 0.29) is 17.6 Å². The second-order valence-electron chi connectivity index (χ2n) is 4.40. The van der Waals surface area contributed by atoms with Gasteiger partial charge in [-0.2, -0.15) is 0 Å². The molecule has 0 aliphatic rings. The summed E-state index contributed by atoms with van der Waals surface area (Å²) in [4.78, 5) is 0. The third-order valence-electron chi connectivity index (χ3n) is 3.25. The van der Waals surface area contributed by atoms with Gasteiger partial charge in [-0.1, -0.05) is 25.1 Å². The van der Waals surface area contributed by atoms with Gasteiger partial charge in [0.15, 0.2) is 0 Å². The Kier molecular flexibility index (Phi) is 4.15. The van der Waals surface area contributed by atoms with Crippen LogP contribution in [0.3, 0.4) is 0 Å². The van der Waals surface area contributed by atoms with E-state index in [2.05, 4.69) is 0 Å². The van der Waals surface area contributed by atoms with Crippen LogP contribution in [-0.2, 0) is 0 Å². The Balaban J connectivity index is 2.44. The first-order chi connectivity index (χ1) is 9.15. The average Bonchev–Trinajstić information content (AvgIpc) is 2.43. The summed E-state index contributed by atoms with van der Waals surface area (Å²) >= 11 is 0. The van der Waals surface area contributed by atoms with Gasteiger partial charge >= 0.3 is 0 Å². The molecule has 0 aromatic heterocycles. The van der Waals surface area contributed by atoms with Crippen LogP contribution in [0.4, 0.5) is 8.78 Å². The van der Waals surface area contributed by atoms with Crippen LogP contribution in [-0.4, -0.2) is 7.11 Å². The predicted molar refractivity (Wildman–Crippen MR) is 71.5 cm³/mol. The first-order valence-electron chi connectivity index (χ1n) is 6.24. The van der Waals surface area contributed by atoms with Gasteiger partial charge in [0.2, 0.25) is 0 Å². The minimum atomic E-state index is -0.324. The first-order valence-corrected chi connectivity index (χ1v) is 6.24. The van der Waals surface area contributed by atoms with E-state index >= 15 is 0 Å². The largest absolute Gasteiger partial charge is 0.496 e. The van der Waals surface area contributed by atoms with Crippen molar-refractivity contribution in [2.24, 2.45) is 0 Å². The Morgan fingerprint density at radius 1 is 1.00 bits per heavy atom. The van der Waals surface area contributed by atoms with E-state index in [9.17, 15) is 8.78 Å². The third kappa shape index (κ3) is 2.92. The van der Waals surface area contributed by atoms with E-state index in [1.807, 2.05) is 6.92 Å². The van der Waals surface area contributed by atoms with Crippen LogP contribution in [0.15, 0.2) is 42.5 Å². The molecule has 0 aliphatic carbocycles. The fraction of sp³-hybridized carbons (Fsp3) is 0.250. The highest BCUT2D eigenvalue weighted by Crippen LogP contribution is 2.34. The van der Waals surface area contributed by atoms with Crippen molar-refractivity contribution in [1.29, 1.82) is 0 Å². The summed E-state index contributed by atoms with van der Waals surface area (Å²) in [5.74, 6) is 0.00607. The van der Waals surface area contributed by atoms with Gasteiger partial charge in [0.05, 0.1) is 7.11 Å². The summed E-state index contributed by atoms with van der Waals surface area (Å²) in [5, 5.41) is 0. The molecule has 2 aromatic rings. The standard InChI is InChI=1S/C16H16F2O/c1-3-14(11-4-6-12(17)7-5-11)15-9-8-13(18)10-16(15)19-2/h4-10,14H,3H2,1-2H3. The van der Waals surface area contributed by atoms with Gasteiger partial charge in [0.1, 0.15) is 17.4 Å². The fourth-order valence-corrected chi connectivity index (χ4v) is 2.30. The van der Waals surface area contributed by atoms with Crippen molar-refractivity contribution in [2.75, 3.05) is 7.11 Å². The molecular weight excluding hydrogens is 246 g/mol. The van der Waals surface area contributed by atoms with Gasteiger partial charge in [-0.3, -0.25) is 0 Å². The SMILES string of the molecule is CCC(c1ccc(F)cc1)c1ccc(F)cc1OC. The lowest BCUT2D eigenvalue weighted by molar-refractivity contribution is 0.403. The number of benzene rings is 2. The normalized spacial score (nSPS) is 12.2. The van der Waals surface area contributed by atoms with Gasteiger partial charge in [0, 0.05) is 17.5 Å². The van der Waals surface area contributed by atoms with Crippen LogP contribution < -0.4 is 4.74 Å². The first kappa shape index (κ1) is 13.5. The molecule has 1 atom stereocenters. The summed E-state index contributed by atoms with van der Waals surface area (Å²) in [5.41, 5.74) is 1.91. The lowest BCUT2D eigenvalue weighted by Crippen LogP contribution is -2.03. The maximum absolute atomic E-state index is 13.2. The Hall–Kier alpha value is -1.90. The highest BCUT2D eigenvalue weighted by atomic mass is 19.1. The molecule has 0 spiro atoms. The van der Waals surface area contributed by atoms with Crippen LogP contribution in [0.5, 0.6) is 5.75 Å². The summed E-state index contributed by atoms with van der Waals surface area (Å²) in [7, 11) is 1.52. The van der Waals surface area contributed by atoms with Gasteiger partial charge in [-0.15, -0.1) is 0 Å². The Labute approximate surface area is 111 Å². The van der Waals surface area contributed by atoms with E-state index in [1.54, 1.807) is 18.2 Å². The fourth-order valence-electron chi connectivity index (χ4n) is 2.30. The second-order valence-corrected chi connectivity index (χ2v) is 4.40. The summed E-state index contributed by atoms with van der Waals surface area (Å²) in [6.45, 7) is 2.04. The number of methoxy groups -OCH3 is 1. The van der Waals surface area contributed by atoms with Crippen LogP contribution in [0.25, 0.3) is 0 Å². The highest BCUT2D eigenvalue weighted by molar-refractivity contribution is 5.42. The minimum Gasteiger partial charge on any atom is -0.496 e. The van der Waals surface area contributed by atoms with E-state index in [4.69, 9.17) is 4.74 Å². The zero-order valence-corrected chi connectivity index (χ0v) is 11.0. The molecule has 19 heavy (non-hydrogen) atoms. The molecule has 0 N–H and O–H groups in total. The quantitative estimate of drug-likeness (QED) is 0.787. The zero-order valence-electron chi connectivity index (χ0n) is 11.0. The van der Waals surface area contributed by atoms with Gasteiger partial charge in [-0.05, 0) is 30.2 Å². The predicted octanol–water partition coefficient (Wildman–Crippen LogP) is 4.52. The molecule has 0 radical (unpaired) electrons. The van der Waals surface area contributed by atoms with Crippen molar-refractivity contribution in [3.63, 3.8) is 0 Å². The van der Waals surface area contributed by atoms with E-state index in [0.29, 0.717) is 5.75 Å². The lowest BCUT2D eigenvalue weighted by Gasteiger charge is -2.19. The minimum absolute atomic E-state index is 0.0659. The molecule has 0 saturated carbocycles.